The molecule has 13 aromatic carbocycles. The highest BCUT2D eigenvalue weighted by molar-refractivity contribution is 6.45. The van der Waals surface area contributed by atoms with Crippen molar-refractivity contribution in [3.63, 3.8) is 0 Å². The van der Waals surface area contributed by atoms with Crippen molar-refractivity contribution in [2.45, 2.75) is 0 Å². The van der Waals surface area contributed by atoms with E-state index in [4.69, 9.17) is 0 Å². The minimum atomic E-state index is 1.23. The van der Waals surface area contributed by atoms with E-state index in [1.54, 1.807) is 0 Å². The Morgan fingerprint density at radius 3 is 1.40 bits per heavy atom. The third-order valence-corrected chi connectivity index (χ3v) is 12.9. The van der Waals surface area contributed by atoms with Crippen LogP contribution in [-0.2, 0) is 0 Å². The third-order valence-electron chi connectivity index (χ3n) is 12.9. The zero-order chi connectivity index (χ0) is 37.9. The van der Waals surface area contributed by atoms with Crippen LogP contribution in [0.3, 0.4) is 0 Å². The highest BCUT2D eigenvalue weighted by Crippen LogP contribution is 2.55. The van der Waals surface area contributed by atoms with E-state index >= 15 is 0 Å². The molecule has 58 heavy (non-hydrogen) atoms. The standard InChI is InChI=1S/C58H34/c1-4-16-35(17-5-1)40-31-30-36-18-10-11-23-39(36)53(40)45-32-33-48-54-44(45)27-15-29-47(54)57-51(37-19-6-2-7-20-37)50-34-49-42-25-13-12-24-41(42)43-26-14-28-46(55(43)49)56(50)52(58(48)57)38-21-8-3-9-22-38/h1-34H. The quantitative estimate of drug-likeness (QED) is 0.158. The molecule has 0 atom stereocenters. The fourth-order valence-corrected chi connectivity index (χ4v) is 10.6. The molecule has 266 valence electrons. The lowest BCUT2D eigenvalue weighted by atomic mass is 9.84. The van der Waals surface area contributed by atoms with Crippen LogP contribution in [0.2, 0.25) is 0 Å². The number of fused-ring (bicyclic) bond motifs is 9. The van der Waals surface area contributed by atoms with Gasteiger partial charge in [-0.2, -0.15) is 0 Å². The van der Waals surface area contributed by atoms with Gasteiger partial charge in [0, 0.05) is 0 Å². The van der Waals surface area contributed by atoms with E-state index in [9.17, 15) is 0 Å². The molecule has 0 aromatic heterocycles. The van der Waals surface area contributed by atoms with Crippen LogP contribution in [-0.4, -0.2) is 0 Å². The van der Waals surface area contributed by atoms with E-state index in [-0.39, 0.29) is 0 Å². The molecule has 0 heterocycles. The van der Waals surface area contributed by atoms with Crippen molar-refractivity contribution in [3.8, 4) is 44.5 Å². The molecule has 0 aliphatic rings. The molecule has 13 rings (SSSR count). The number of hydrogen-bond donors (Lipinski definition) is 0. The third kappa shape index (κ3) is 4.24. The number of rotatable bonds is 4. The number of benzene rings is 11. The Bertz CT molecular complexity index is 3750. The number of hydrogen-bond acceptors (Lipinski definition) is 0. The van der Waals surface area contributed by atoms with Gasteiger partial charge in [-0.3, -0.25) is 0 Å². The summed E-state index contributed by atoms with van der Waals surface area (Å²) in [7, 11) is 0. The molecule has 0 N–H and O–H groups in total. The summed E-state index contributed by atoms with van der Waals surface area (Å²) >= 11 is 0. The second kappa shape index (κ2) is 12.0. The molecule has 0 fully saturated rings. The van der Waals surface area contributed by atoms with Crippen LogP contribution in [0, 0.1) is 0 Å². The van der Waals surface area contributed by atoms with Crippen LogP contribution in [0.4, 0.5) is 0 Å². The first kappa shape index (κ1) is 31.6. The van der Waals surface area contributed by atoms with E-state index in [1.807, 2.05) is 0 Å². The van der Waals surface area contributed by atoms with E-state index in [2.05, 4.69) is 206 Å². The van der Waals surface area contributed by atoms with Crippen LogP contribution in [0.25, 0.3) is 131 Å². The first-order valence-corrected chi connectivity index (χ1v) is 20.3. The lowest BCUT2D eigenvalue weighted by Crippen LogP contribution is -1.91. The summed E-state index contributed by atoms with van der Waals surface area (Å²) in [5.41, 5.74) is 10.1. The van der Waals surface area contributed by atoms with Gasteiger partial charge in [0.05, 0.1) is 0 Å². The van der Waals surface area contributed by atoms with Gasteiger partial charge >= 0.3 is 0 Å². The SMILES string of the molecule is c1ccc(-c2ccc3ccccc3c2-c2ccc3c4c(-c5ccccc5)c5c(cc6c7ccccc7c7cccc5c76)c(-c5ccccc5)c4c4cccc2c43)cc1. The van der Waals surface area contributed by atoms with Gasteiger partial charge in [-0.05, 0) is 137 Å². The van der Waals surface area contributed by atoms with E-state index in [0.29, 0.717) is 0 Å². The molecule has 0 amide bonds. The van der Waals surface area contributed by atoms with Crippen LogP contribution < -0.4 is 0 Å². The van der Waals surface area contributed by atoms with Crippen molar-refractivity contribution in [2.24, 2.45) is 0 Å². The Morgan fingerprint density at radius 2 is 0.672 bits per heavy atom. The van der Waals surface area contributed by atoms with Gasteiger partial charge < -0.3 is 0 Å². The molecule has 13 aromatic rings. The summed E-state index contributed by atoms with van der Waals surface area (Å²) < 4.78 is 0. The molecule has 0 aliphatic carbocycles. The van der Waals surface area contributed by atoms with Crippen LogP contribution >= 0.6 is 0 Å². The van der Waals surface area contributed by atoms with Crippen molar-refractivity contribution >= 4 is 86.2 Å². The van der Waals surface area contributed by atoms with Crippen LogP contribution in [0.1, 0.15) is 0 Å². The van der Waals surface area contributed by atoms with Crippen LogP contribution in [0.5, 0.6) is 0 Å². The Balaban J connectivity index is 1.28. The summed E-state index contributed by atoms with van der Waals surface area (Å²) in [4.78, 5) is 0. The monoisotopic (exact) mass is 730 g/mol. The zero-order valence-electron chi connectivity index (χ0n) is 31.6. The molecule has 0 aliphatic heterocycles. The Morgan fingerprint density at radius 1 is 0.190 bits per heavy atom. The van der Waals surface area contributed by atoms with Crippen molar-refractivity contribution in [3.05, 3.63) is 206 Å². The Hall–Kier alpha value is -7.54. The molecule has 0 bridgehead atoms. The van der Waals surface area contributed by atoms with Gasteiger partial charge in [0.15, 0.2) is 0 Å². The van der Waals surface area contributed by atoms with Crippen LogP contribution in [0.15, 0.2) is 206 Å². The van der Waals surface area contributed by atoms with E-state index < -0.39 is 0 Å². The molecule has 0 saturated heterocycles. The smallest absolute Gasteiger partial charge is 0.000719 e. The summed E-state index contributed by atoms with van der Waals surface area (Å²) in [6.07, 6.45) is 0. The summed E-state index contributed by atoms with van der Waals surface area (Å²) in [5, 5.41) is 20.9. The van der Waals surface area contributed by atoms with Crippen molar-refractivity contribution in [1.29, 1.82) is 0 Å². The summed E-state index contributed by atoms with van der Waals surface area (Å²) in [5.74, 6) is 0. The van der Waals surface area contributed by atoms with Gasteiger partial charge in [-0.25, -0.2) is 0 Å². The molecule has 0 saturated carbocycles. The Labute approximate surface area is 335 Å². The topological polar surface area (TPSA) is 0 Å². The van der Waals surface area contributed by atoms with Gasteiger partial charge in [-0.1, -0.05) is 200 Å². The first-order valence-electron chi connectivity index (χ1n) is 20.3. The van der Waals surface area contributed by atoms with Crippen molar-refractivity contribution in [2.75, 3.05) is 0 Å². The van der Waals surface area contributed by atoms with Crippen molar-refractivity contribution in [1.82, 2.24) is 0 Å². The maximum atomic E-state index is 2.53. The molecule has 0 unspecified atom stereocenters. The molecule has 0 heteroatoms. The minimum absolute atomic E-state index is 1.23. The maximum absolute atomic E-state index is 2.53. The van der Waals surface area contributed by atoms with Gasteiger partial charge in [0.25, 0.3) is 0 Å². The van der Waals surface area contributed by atoms with Crippen molar-refractivity contribution < 1.29 is 0 Å². The summed E-state index contributed by atoms with van der Waals surface area (Å²) in [6.45, 7) is 0. The lowest BCUT2D eigenvalue weighted by molar-refractivity contribution is 1.63. The van der Waals surface area contributed by atoms with Gasteiger partial charge in [-0.15, -0.1) is 0 Å². The average molecular weight is 731 g/mol. The molecule has 0 radical (unpaired) electrons. The van der Waals surface area contributed by atoms with Gasteiger partial charge in [0.1, 0.15) is 0 Å². The maximum Gasteiger partial charge on any atom is -0.000719 e. The highest BCUT2D eigenvalue weighted by Gasteiger charge is 2.27. The van der Waals surface area contributed by atoms with E-state index in [0.717, 1.165) is 0 Å². The van der Waals surface area contributed by atoms with E-state index in [1.165, 1.54) is 131 Å². The molecule has 0 spiro atoms. The summed E-state index contributed by atoms with van der Waals surface area (Å²) in [6, 6.07) is 76.9. The second-order valence-corrected chi connectivity index (χ2v) is 15.8. The molecule has 0 nitrogen and oxygen atoms in total. The predicted molar refractivity (Wildman–Crippen MR) is 251 cm³/mol. The predicted octanol–water partition coefficient (Wildman–Crippen LogP) is 16.5. The largest absolute Gasteiger partial charge is 0.0622 e. The Kier molecular flexibility index (Phi) is 6.54. The minimum Gasteiger partial charge on any atom is -0.0622 e. The fourth-order valence-electron chi connectivity index (χ4n) is 10.6. The lowest BCUT2D eigenvalue weighted by Gasteiger charge is -2.19. The fraction of sp³-hybridized carbons (Fsp3) is 0. The first-order chi connectivity index (χ1) is 28.8. The highest BCUT2D eigenvalue weighted by atomic mass is 14.3. The molecular formula is C58H34. The zero-order valence-corrected chi connectivity index (χ0v) is 31.6. The van der Waals surface area contributed by atoms with Gasteiger partial charge in [0.2, 0.25) is 0 Å². The second-order valence-electron chi connectivity index (χ2n) is 15.8. The average Bonchev–Trinajstić information content (AvgIpc) is 3.80. The molecular weight excluding hydrogens is 697 g/mol. The normalized spacial score (nSPS) is 12.1.